The molecule has 1 aliphatic rings. The third-order valence-corrected chi connectivity index (χ3v) is 4.84. The summed E-state index contributed by atoms with van der Waals surface area (Å²) in [5, 5.41) is 2.72. The summed E-state index contributed by atoms with van der Waals surface area (Å²) < 4.78 is 37.8. The number of carbonyl (C=O) groups is 1. The standard InChI is InChI=1S/C17H24ClF3N4O/c1-3-24(2)10-12-5-7-25(11-12)15(26)4-6-22-16-14(18)8-13(9-23-16)17(19,20)21/h8-9,12H,3-7,10-11H2,1-2H3,(H,22,23). The lowest BCUT2D eigenvalue weighted by Gasteiger charge is -2.20. The Bertz CT molecular complexity index is 627. The highest BCUT2D eigenvalue weighted by Gasteiger charge is 2.31. The van der Waals surface area contributed by atoms with Gasteiger partial charge in [-0.15, -0.1) is 0 Å². The van der Waals surface area contributed by atoms with Gasteiger partial charge in [-0.3, -0.25) is 4.79 Å². The first kappa shape index (κ1) is 20.8. The number of likely N-dealkylation sites (tertiary alicyclic amines) is 1. The van der Waals surface area contributed by atoms with Crippen LogP contribution < -0.4 is 5.32 Å². The van der Waals surface area contributed by atoms with Crippen LogP contribution in [-0.4, -0.2) is 60.5 Å². The maximum absolute atomic E-state index is 12.6. The van der Waals surface area contributed by atoms with Crippen LogP contribution in [0.25, 0.3) is 0 Å². The van der Waals surface area contributed by atoms with Crippen LogP contribution in [0.1, 0.15) is 25.3 Å². The molecule has 1 aliphatic heterocycles. The fraction of sp³-hybridized carbons (Fsp3) is 0.647. The van der Waals surface area contributed by atoms with E-state index in [1.165, 1.54) is 0 Å². The van der Waals surface area contributed by atoms with Crippen LogP contribution in [0.15, 0.2) is 12.3 Å². The Morgan fingerprint density at radius 2 is 2.23 bits per heavy atom. The molecule has 0 saturated carbocycles. The van der Waals surface area contributed by atoms with Crippen molar-refractivity contribution in [3.63, 3.8) is 0 Å². The fourth-order valence-corrected chi connectivity index (χ4v) is 3.18. The Morgan fingerprint density at radius 3 is 2.85 bits per heavy atom. The van der Waals surface area contributed by atoms with E-state index in [2.05, 4.69) is 29.2 Å². The quantitative estimate of drug-likeness (QED) is 0.773. The number of carbonyl (C=O) groups excluding carboxylic acids is 1. The van der Waals surface area contributed by atoms with Gasteiger partial charge in [-0.05, 0) is 32.0 Å². The second-order valence-corrected chi connectivity index (χ2v) is 6.99. The van der Waals surface area contributed by atoms with Crippen molar-refractivity contribution in [3.05, 3.63) is 22.8 Å². The first-order valence-corrected chi connectivity index (χ1v) is 9.01. The van der Waals surface area contributed by atoms with E-state index < -0.39 is 11.7 Å². The van der Waals surface area contributed by atoms with Crippen molar-refractivity contribution < 1.29 is 18.0 Å². The molecule has 2 heterocycles. The molecule has 1 aromatic heterocycles. The molecule has 5 nitrogen and oxygen atoms in total. The van der Waals surface area contributed by atoms with E-state index in [9.17, 15) is 18.0 Å². The van der Waals surface area contributed by atoms with Gasteiger partial charge in [-0.25, -0.2) is 4.98 Å². The van der Waals surface area contributed by atoms with E-state index in [1.807, 2.05) is 4.90 Å². The molecule has 0 spiro atoms. The number of halogens is 4. The summed E-state index contributed by atoms with van der Waals surface area (Å²) in [5.74, 6) is 0.668. The van der Waals surface area contributed by atoms with Gasteiger partial charge in [-0.2, -0.15) is 13.2 Å². The summed E-state index contributed by atoms with van der Waals surface area (Å²) in [6.45, 7) is 5.83. The monoisotopic (exact) mass is 392 g/mol. The fourth-order valence-electron chi connectivity index (χ4n) is 2.95. The SMILES string of the molecule is CCN(C)CC1CCN(C(=O)CCNc2ncc(C(F)(F)F)cc2Cl)C1. The average molecular weight is 393 g/mol. The molecule has 1 aromatic rings. The van der Waals surface area contributed by atoms with Crippen molar-refractivity contribution in [3.8, 4) is 0 Å². The number of anilines is 1. The Hall–Kier alpha value is -1.54. The topological polar surface area (TPSA) is 48.5 Å². The molecule has 0 bridgehead atoms. The highest BCUT2D eigenvalue weighted by atomic mass is 35.5. The van der Waals surface area contributed by atoms with E-state index >= 15 is 0 Å². The first-order chi connectivity index (χ1) is 12.2. The predicted molar refractivity (Wildman–Crippen MR) is 95.2 cm³/mol. The summed E-state index contributed by atoms with van der Waals surface area (Å²) >= 11 is 5.83. The molecular weight excluding hydrogens is 369 g/mol. The van der Waals surface area contributed by atoms with Gasteiger partial charge in [-0.1, -0.05) is 18.5 Å². The van der Waals surface area contributed by atoms with Crippen LogP contribution in [0, 0.1) is 5.92 Å². The van der Waals surface area contributed by atoms with E-state index in [4.69, 9.17) is 11.6 Å². The molecule has 0 aliphatic carbocycles. The smallest absolute Gasteiger partial charge is 0.368 e. The highest BCUT2D eigenvalue weighted by molar-refractivity contribution is 6.32. The van der Waals surface area contributed by atoms with Crippen molar-refractivity contribution in [2.75, 3.05) is 45.1 Å². The van der Waals surface area contributed by atoms with Crippen molar-refractivity contribution >= 4 is 23.3 Å². The van der Waals surface area contributed by atoms with Crippen molar-refractivity contribution in [1.29, 1.82) is 0 Å². The molecule has 26 heavy (non-hydrogen) atoms. The number of nitrogens with zero attached hydrogens (tertiary/aromatic N) is 3. The lowest BCUT2D eigenvalue weighted by Crippen LogP contribution is -2.32. The maximum atomic E-state index is 12.6. The molecule has 1 saturated heterocycles. The van der Waals surface area contributed by atoms with Crippen LogP contribution >= 0.6 is 11.6 Å². The van der Waals surface area contributed by atoms with E-state index in [-0.39, 0.29) is 29.7 Å². The van der Waals surface area contributed by atoms with Crippen molar-refractivity contribution in [1.82, 2.24) is 14.8 Å². The predicted octanol–water partition coefficient (Wildman–Crippen LogP) is 3.36. The molecule has 2 rings (SSSR count). The summed E-state index contributed by atoms with van der Waals surface area (Å²) in [6, 6.07) is 0.827. The number of rotatable bonds is 7. The van der Waals surface area contributed by atoms with Crippen LogP contribution in [0.4, 0.5) is 19.0 Å². The summed E-state index contributed by atoms with van der Waals surface area (Å²) in [4.78, 5) is 20.1. The Kier molecular flexibility index (Phi) is 7.11. The third kappa shape index (κ3) is 5.74. The second-order valence-electron chi connectivity index (χ2n) is 6.58. The normalized spacial score (nSPS) is 17.8. The van der Waals surface area contributed by atoms with Crippen molar-refractivity contribution in [2.24, 2.45) is 5.92 Å². The Labute approximate surface area is 156 Å². The van der Waals surface area contributed by atoms with Gasteiger partial charge in [0.15, 0.2) is 0 Å². The minimum absolute atomic E-state index is 0.0298. The molecule has 1 fully saturated rings. The van der Waals surface area contributed by atoms with Crippen LogP contribution in [0.3, 0.4) is 0 Å². The molecule has 1 unspecified atom stereocenters. The second kappa shape index (κ2) is 8.90. The number of pyridine rings is 1. The zero-order valence-electron chi connectivity index (χ0n) is 14.9. The molecule has 1 atom stereocenters. The lowest BCUT2D eigenvalue weighted by atomic mass is 10.1. The third-order valence-electron chi connectivity index (χ3n) is 4.55. The number of alkyl halides is 3. The molecule has 9 heteroatoms. The van der Waals surface area contributed by atoms with Gasteiger partial charge < -0.3 is 15.1 Å². The number of hydrogen-bond donors (Lipinski definition) is 1. The first-order valence-electron chi connectivity index (χ1n) is 8.63. The molecule has 0 aromatic carbocycles. The summed E-state index contributed by atoms with van der Waals surface area (Å²) in [5.41, 5.74) is -0.899. The number of nitrogens with one attached hydrogen (secondary N) is 1. The van der Waals surface area contributed by atoms with Gasteiger partial charge in [0, 0.05) is 38.8 Å². The summed E-state index contributed by atoms with van der Waals surface area (Å²) in [7, 11) is 2.06. The van der Waals surface area contributed by atoms with E-state index in [0.717, 1.165) is 44.9 Å². The zero-order valence-corrected chi connectivity index (χ0v) is 15.7. The minimum Gasteiger partial charge on any atom is -0.368 e. The zero-order chi connectivity index (χ0) is 19.3. The number of amides is 1. The lowest BCUT2D eigenvalue weighted by molar-refractivity contribution is -0.137. The summed E-state index contributed by atoms with van der Waals surface area (Å²) in [6.07, 6.45) is -2.51. The van der Waals surface area contributed by atoms with E-state index in [0.29, 0.717) is 5.92 Å². The van der Waals surface area contributed by atoms with Crippen LogP contribution in [0.5, 0.6) is 0 Å². The van der Waals surface area contributed by atoms with Crippen LogP contribution in [-0.2, 0) is 11.0 Å². The average Bonchev–Trinajstić information content (AvgIpc) is 3.03. The van der Waals surface area contributed by atoms with Gasteiger partial charge in [0.2, 0.25) is 5.91 Å². The van der Waals surface area contributed by atoms with E-state index in [1.54, 1.807) is 0 Å². The maximum Gasteiger partial charge on any atom is 0.417 e. The molecule has 0 radical (unpaired) electrons. The van der Waals surface area contributed by atoms with Gasteiger partial charge in [0.05, 0.1) is 10.6 Å². The van der Waals surface area contributed by atoms with Gasteiger partial charge in [0.1, 0.15) is 5.82 Å². The molecule has 1 amide bonds. The number of hydrogen-bond acceptors (Lipinski definition) is 4. The molecular formula is C17H24ClF3N4O. The van der Waals surface area contributed by atoms with Gasteiger partial charge in [0.25, 0.3) is 0 Å². The van der Waals surface area contributed by atoms with Crippen LogP contribution in [0.2, 0.25) is 5.02 Å². The Balaban J connectivity index is 1.78. The Morgan fingerprint density at radius 1 is 1.50 bits per heavy atom. The largest absolute Gasteiger partial charge is 0.417 e. The van der Waals surface area contributed by atoms with Crippen molar-refractivity contribution in [2.45, 2.75) is 25.9 Å². The number of aromatic nitrogens is 1. The molecule has 146 valence electrons. The van der Waals surface area contributed by atoms with Gasteiger partial charge >= 0.3 is 6.18 Å². The molecule has 1 N–H and O–H groups in total. The highest BCUT2D eigenvalue weighted by Crippen LogP contribution is 2.32. The minimum atomic E-state index is -4.48.